The van der Waals surface area contributed by atoms with E-state index >= 15 is 0 Å². The summed E-state index contributed by atoms with van der Waals surface area (Å²) in [7, 11) is 0. The predicted octanol–water partition coefficient (Wildman–Crippen LogP) is -1.47. The quantitative estimate of drug-likeness (QED) is 0.258. The van der Waals surface area contributed by atoms with E-state index in [4.69, 9.17) is 5.21 Å². The van der Waals surface area contributed by atoms with Gasteiger partial charge >= 0.3 is 0 Å². The topological polar surface area (TPSA) is 119 Å². The minimum absolute atomic E-state index is 0.106. The Kier molecular flexibility index (Phi) is 3.53. The molecule has 1 rings (SSSR count). The smallest absolute Gasteiger partial charge is 0.236 e. The lowest BCUT2D eigenvalue weighted by atomic mass is 10.2. The molecule has 1 aliphatic carbocycles. The average molecular weight is 224 g/mol. The summed E-state index contributed by atoms with van der Waals surface area (Å²) in [4.78, 5) is -0.106. The molecule has 0 radical (unpaired) electrons. The lowest BCUT2D eigenvalue weighted by Crippen LogP contribution is -2.38. The van der Waals surface area contributed by atoms with Gasteiger partial charge in [0.1, 0.15) is 23.6 Å². The second-order valence-corrected chi connectivity index (χ2v) is 4.07. The van der Waals surface area contributed by atoms with Gasteiger partial charge in [0.25, 0.3) is 0 Å². The molecule has 0 aliphatic heterocycles. The third kappa shape index (κ3) is 1.65. The molecule has 1 aliphatic rings. The zero-order valence-corrected chi connectivity index (χ0v) is 8.20. The molecule has 4 N–H and O–H groups in total. The largest absolute Gasteiger partial charge is 0.597 e. The van der Waals surface area contributed by atoms with Crippen molar-refractivity contribution in [3.63, 3.8) is 0 Å². The molecule has 0 aromatic carbocycles. The van der Waals surface area contributed by atoms with Crippen LogP contribution in [0.25, 0.3) is 0 Å². The molecule has 0 heterocycles. The van der Waals surface area contributed by atoms with Gasteiger partial charge in [-0.3, -0.25) is 0 Å². The van der Waals surface area contributed by atoms with Crippen LogP contribution in [0.5, 0.6) is 0 Å². The van der Waals surface area contributed by atoms with Gasteiger partial charge in [0.15, 0.2) is 5.28 Å². The van der Waals surface area contributed by atoms with E-state index in [0.29, 0.717) is 0 Å². The lowest BCUT2D eigenvalue weighted by Gasteiger charge is -2.16. The number of hydrogen-bond donors (Lipinski definition) is 4. The molecule has 0 amide bonds. The number of thioether (sulfide) groups is 1. The molecule has 0 spiro atoms. The summed E-state index contributed by atoms with van der Waals surface area (Å²) in [6.07, 6.45) is -2.40. The highest BCUT2D eigenvalue weighted by Crippen LogP contribution is 2.31. The molecular weight excluding hydrogens is 212 g/mol. The number of aliphatic hydroxyl groups is 3. The minimum Gasteiger partial charge on any atom is -0.597 e. The Morgan fingerprint density at radius 3 is 2.21 bits per heavy atom. The van der Waals surface area contributed by atoms with Crippen molar-refractivity contribution < 1.29 is 25.4 Å². The fourth-order valence-corrected chi connectivity index (χ4v) is 2.57. The highest BCUT2D eigenvalue weighted by molar-refractivity contribution is 7.99. The van der Waals surface area contributed by atoms with E-state index < -0.39 is 29.6 Å². The van der Waals surface area contributed by atoms with Crippen LogP contribution < -0.4 is 0 Å². The van der Waals surface area contributed by atoms with E-state index in [1.54, 1.807) is 6.26 Å². The van der Waals surface area contributed by atoms with E-state index in [0.717, 1.165) is 11.8 Å². The van der Waals surface area contributed by atoms with Crippen molar-refractivity contribution in [3.8, 4) is 0 Å². The van der Waals surface area contributed by atoms with E-state index in [2.05, 4.69) is 5.28 Å². The molecular formula is C6H12N2O5S. The fourth-order valence-electron chi connectivity index (χ4n) is 1.59. The summed E-state index contributed by atoms with van der Waals surface area (Å²) in [5.74, 6) is 0. The summed E-state index contributed by atoms with van der Waals surface area (Å²) in [6, 6.07) is -1.14. The molecule has 1 saturated carbocycles. The van der Waals surface area contributed by atoms with Gasteiger partial charge in [0.2, 0.25) is 6.04 Å². The molecule has 14 heavy (non-hydrogen) atoms. The van der Waals surface area contributed by atoms with Crippen molar-refractivity contribution in [2.45, 2.75) is 29.6 Å². The predicted molar refractivity (Wildman–Crippen MR) is 47.0 cm³/mol. The fraction of sp³-hybridized carbons (Fsp3) is 1.00. The number of hydrogen-bond acceptors (Lipinski definition) is 6. The zero-order chi connectivity index (χ0) is 10.9. The van der Waals surface area contributed by atoms with E-state index in [1.807, 2.05) is 0 Å². The van der Waals surface area contributed by atoms with Crippen LogP contribution in [0.4, 0.5) is 0 Å². The Morgan fingerprint density at radius 1 is 1.21 bits per heavy atom. The average Bonchev–Trinajstić information content (AvgIpc) is 2.41. The Labute approximate surface area is 84.2 Å². The van der Waals surface area contributed by atoms with Gasteiger partial charge in [0, 0.05) is 0 Å². The highest BCUT2D eigenvalue weighted by Gasteiger charge is 2.54. The van der Waals surface area contributed by atoms with Crippen molar-refractivity contribution in [1.29, 1.82) is 0 Å². The summed E-state index contributed by atoms with van der Waals surface area (Å²) >= 11 is 1.12. The molecule has 0 saturated heterocycles. The third-order valence-corrected chi connectivity index (χ3v) is 3.44. The third-order valence-electron chi connectivity index (χ3n) is 2.34. The Balaban J connectivity index is 2.92. The monoisotopic (exact) mass is 224 g/mol. The van der Waals surface area contributed by atoms with Crippen LogP contribution in [-0.2, 0) is 0 Å². The van der Waals surface area contributed by atoms with E-state index in [-0.39, 0.29) is 4.86 Å². The summed E-state index contributed by atoms with van der Waals surface area (Å²) < 4.78 is 0. The van der Waals surface area contributed by atoms with Gasteiger partial charge in [-0.1, -0.05) is 0 Å². The Morgan fingerprint density at radius 2 is 1.79 bits per heavy atom. The van der Waals surface area contributed by atoms with E-state index in [1.165, 1.54) is 0 Å². The number of hydroxylamine groups is 1. The highest BCUT2D eigenvalue weighted by atomic mass is 32.2. The van der Waals surface area contributed by atoms with Crippen LogP contribution in [0.3, 0.4) is 0 Å². The first-order valence-corrected chi connectivity index (χ1v) is 5.21. The molecule has 82 valence electrons. The number of rotatable bonds is 2. The molecule has 0 bridgehead atoms. The number of aliphatic hydroxyl groups excluding tert-OH is 3. The second-order valence-electron chi connectivity index (χ2n) is 3.05. The molecule has 7 nitrogen and oxygen atoms in total. The van der Waals surface area contributed by atoms with Crippen LogP contribution >= 0.6 is 11.8 Å². The van der Waals surface area contributed by atoms with Crippen molar-refractivity contribution in [3.05, 3.63) is 5.21 Å². The summed E-state index contributed by atoms with van der Waals surface area (Å²) in [5, 5.41) is 49.0. The first-order valence-electron chi connectivity index (χ1n) is 3.93. The first kappa shape index (κ1) is 11.5. The molecule has 5 unspecified atom stereocenters. The Hall–Kier alpha value is -0.570. The van der Waals surface area contributed by atoms with Gasteiger partial charge in [-0.25, -0.2) is 0 Å². The lowest BCUT2D eigenvalue weighted by molar-refractivity contribution is -0.597. The van der Waals surface area contributed by atoms with Crippen LogP contribution in [0.1, 0.15) is 0 Å². The van der Waals surface area contributed by atoms with Crippen LogP contribution in [0, 0.1) is 5.21 Å². The van der Waals surface area contributed by atoms with E-state index in [9.17, 15) is 20.5 Å². The normalized spacial score (nSPS) is 44.3. The Bertz CT molecular complexity index is 238. The molecule has 5 atom stereocenters. The molecule has 1 fully saturated rings. The van der Waals surface area contributed by atoms with Gasteiger partial charge in [-0.05, 0) is 11.1 Å². The second kappa shape index (κ2) is 4.30. The molecule has 0 aromatic heterocycles. The maximum absolute atomic E-state index is 11.0. The summed E-state index contributed by atoms with van der Waals surface area (Å²) in [5.41, 5.74) is 0. The van der Waals surface area contributed by atoms with Crippen molar-refractivity contribution in [2.24, 2.45) is 5.28 Å². The number of nitrogens with zero attached hydrogens (tertiary/aromatic N) is 2. The standard InChI is InChI=1S/C6H12N2O5S/c1-14-6-2(8(13)7-12)3(9)4(10)5(6)11/h2-6,9-12H,1H3. The van der Waals surface area contributed by atoms with Crippen molar-refractivity contribution in [1.82, 2.24) is 0 Å². The van der Waals surface area contributed by atoms with Gasteiger partial charge in [0.05, 0.1) is 0 Å². The molecule has 0 aromatic rings. The van der Waals surface area contributed by atoms with Crippen molar-refractivity contribution in [2.75, 3.05) is 6.26 Å². The maximum atomic E-state index is 11.0. The van der Waals surface area contributed by atoms with Gasteiger partial charge in [-0.2, -0.15) is 11.8 Å². The zero-order valence-electron chi connectivity index (χ0n) is 7.39. The van der Waals surface area contributed by atoms with Gasteiger partial charge in [-0.15, -0.1) is 0 Å². The summed E-state index contributed by atoms with van der Waals surface area (Å²) in [6.45, 7) is 0. The SMILES string of the molecule is CSC1C(O)C(O)C(O)C1[N+]([O-])=NO. The van der Waals surface area contributed by atoms with Crippen LogP contribution in [0.15, 0.2) is 5.28 Å². The van der Waals surface area contributed by atoms with Crippen molar-refractivity contribution >= 4 is 11.8 Å². The van der Waals surface area contributed by atoms with Crippen LogP contribution in [0.2, 0.25) is 0 Å². The minimum atomic E-state index is -1.42. The van der Waals surface area contributed by atoms with Crippen LogP contribution in [-0.4, -0.2) is 61.2 Å². The maximum Gasteiger partial charge on any atom is 0.236 e. The first-order chi connectivity index (χ1) is 6.54. The molecule has 8 heteroatoms. The van der Waals surface area contributed by atoms with Gasteiger partial charge < -0.3 is 25.7 Å².